The molecule has 0 heterocycles. The van der Waals surface area contributed by atoms with Crippen LogP contribution in [0.25, 0.3) is 0 Å². The Kier molecular flexibility index (Phi) is 2.17. The van der Waals surface area contributed by atoms with Gasteiger partial charge >= 0.3 is 0 Å². The van der Waals surface area contributed by atoms with Gasteiger partial charge in [-0.25, -0.2) is 0 Å². The molecule has 0 unspecified atom stereocenters. The third-order valence-electron chi connectivity index (χ3n) is 6.90. The van der Waals surface area contributed by atoms with Crippen LogP contribution in [0.5, 0.6) is 0 Å². The minimum atomic E-state index is -0.890. The average molecular weight is 238 g/mol. The maximum Gasteiger partial charge on any atom is 0.0911 e. The van der Waals surface area contributed by atoms with Crippen molar-refractivity contribution in [2.75, 3.05) is 0 Å². The topological polar surface area (TPSA) is 40.5 Å². The predicted molar refractivity (Wildman–Crippen MR) is 67.5 cm³/mol. The molecule has 0 aromatic heterocycles. The molecule has 17 heavy (non-hydrogen) atoms. The molecule has 2 N–H and O–H groups in total. The zero-order valence-corrected chi connectivity index (χ0v) is 11.5. The van der Waals surface area contributed by atoms with Gasteiger partial charge in [0.2, 0.25) is 0 Å². The molecule has 0 aromatic carbocycles. The van der Waals surface area contributed by atoms with Gasteiger partial charge in [0.25, 0.3) is 0 Å². The highest BCUT2D eigenvalue weighted by atomic mass is 16.3. The maximum absolute atomic E-state index is 10.7. The van der Waals surface area contributed by atoms with E-state index in [4.69, 9.17) is 0 Å². The van der Waals surface area contributed by atoms with Crippen LogP contribution < -0.4 is 0 Å². The number of rotatable bonds is 0. The highest BCUT2D eigenvalue weighted by molar-refractivity contribution is 5.19. The molecule has 3 aliphatic carbocycles. The van der Waals surface area contributed by atoms with Gasteiger partial charge < -0.3 is 10.2 Å². The highest BCUT2D eigenvalue weighted by Gasteiger charge is 2.70. The number of hydrogen-bond donors (Lipinski definition) is 2. The zero-order valence-electron chi connectivity index (χ0n) is 11.5. The molecule has 3 saturated carbocycles. The van der Waals surface area contributed by atoms with E-state index in [1.54, 1.807) is 0 Å². The molecule has 0 aliphatic heterocycles. The summed E-state index contributed by atoms with van der Waals surface area (Å²) < 4.78 is 0. The summed E-state index contributed by atoms with van der Waals surface area (Å²) in [6.07, 6.45) is 3.98. The lowest BCUT2D eigenvalue weighted by Crippen LogP contribution is -2.53. The van der Waals surface area contributed by atoms with Gasteiger partial charge in [0, 0.05) is 0 Å². The predicted octanol–water partition coefficient (Wildman–Crippen LogP) is 2.58. The van der Waals surface area contributed by atoms with E-state index < -0.39 is 11.7 Å². The van der Waals surface area contributed by atoms with Gasteiger partial charge in [0.15, 0.2) is 0 Å². The van der Waals surface area contributed by atoms with Gasteiger partial charge in [0.1, 0.15) is 0 Å². The first kappa shape index (κ1) is 12.0. The lowest BCUT2D eigenvalue weighted by atomic mass is 9.63. The third-order valence-corrected chi connectivity index (χ3v) is 6.90. The first-order valence-electron chi connectivity index (χ1n) is 7.13. The van der Waals surface area contributed by atoms with Crippen molar-refractivity contribution in [3.63, 3.8) is 0 Å². The molecule has 2 bridgehead atoms. The SMILES string of the molecule is C[C@@H]1CC[C@H]2C(C)(C)[C@H]3C[C@@]12C[C@H](O)[C@]3(C)O. The van der Waals surface area contributed by atoms with E-state index in [1.807, 2.05) is 6.92 Å². The van der Waals surface area contributed by atoms with Crippen LogP contribution >= 0.6 is 0 Å². The number of hydrogen-bond acceptors (Lipinski definition) is 2. The monoisotopic (exact) mass is 238 g/mol. The van der Waals surface area contributed by atoms with Crippen LogP contribution in [0, 0.1) is 28.6 Å². The fraction of sp³-hybridized carbons (Fsp3) is 1.00. The van der Waals surface area contributed by atoms with E-state index in [0.29, 0.717) is 17.3 Å². The van der Waals surface area contributed by atoms with Crippen LogP contribution in [0.15, 0.2) is 0 Å². The van der Waals surface area contributed by atoms with E-state index in [-0.39, 0.29) is 11.3 Å². The van der Waals surface area contributed by atoms with Crippen LogP contribution in [0.2, 0.25) is 0 Å². The molecule has 98 valence electrons. The van der Waals surface area contributed by atoms with E-state index >= 15 is 0 Å². The number of fused-ring (bicyclic) bond motifs is 1. The molecule has 1 spiro atoms. The van der Waals surface area contributed by atoms with Crippen LogP contribution in [-0.4, -0.2) is 21.9 Å². The van der Waals surface area contributed by atoms with Gasteiger partial charge in [-0.05, 0) is 61.2 Å². The summed E-state index contributed by atoms with van der Waals surface area (Å²) >= 11 is 0. The molecule has 0 saturated heterocycles. The van der Waals surface area contributed by atoms with Crippen molar-refractivity contribution in [2.24, 2.45) is 28.6 Å². The Bertz CT molecular complexity index is 347. The number of aliphatic hydroxyl groups excluding tert-OH is 1. The van der Waals surface area contributed by atoms with Gasteiger partial charge in [-0.3, -0.25) is 0 Å². The van der Waals surface area contributed by atoms with E-state index in [2.05, 4.69) is 20.8 Å². The van der Waals surface area contributed by atoms with E-state index in [9.17, 15) is 10.2 Å². The quantitative estimate of drug-likeness (QED) is 0.681. The molecule has 3 aliphatic rings. The fourth-order valence-corrected chi connectivity index (χ4v) is 5.86. The first-order valence-corrected chi connectivity index (χ1v) is 7.13. The van der Waals surface area contributed by atoms with Crippen molar-refractivity contribution in [1.29, 1.82) is 0 Å². The summed E-state index contributed by atoms with van der Waals surface area (Å²) in [5.74, 6) is 1.66. The Morgan fingerprint density at radius 1 is 1.00 bits per heavy atom. The average Bonchev–Trinajstić information content (AvgIpc) is 2.61. The minimum absolute atomic E-state index is 0.172. The Balaban J connectivity index is 2.10. The van der Waals surface area contributed by atoms with Crippen molar-refractivity contribution < 1.29 is 10.2 Å². The largest absolute Gasteiger partial charge is 0.390 e. The van der Waals surface area contributed by atoms with Gasteiger partial charge in [-0.1, -0.05) is 20.8 Å². The molecule has 3 fully saturated rings. The van der Waals surface area contributed by atoms with E-state index in [0.717, 1.165) is 12.8 Å². The maximum atomic E-state index is 10.7. The molecule has 6 atom stereocenters. The molecular formula is C15H26O2. The molecule has 2 nitrogen and oxygen atoms in total. The molecule has 3 rings (SSSR count). The van der Waals surface area contributed by atoms with Gasteiger partial charge in [0.05, 0.1) is 11.7 Å². The fourth-order valence-electron chi connectivity index (χ4n) is 5.86. The smallest absolute Gasteiger partial charge is 0.0911 e. The zero-order chi connectivity index (χ0) is 12.6. The van der Waals surface area contributed by atoms with Crippen molar-refractivity contribution in [2.45, 2.75) is 65.1 Å². The van der Waals surface area contributed by atoms with Crippen molar-refractivity contribution >= 4 is 0 Å². The lowest BCUT2D eigenvalue weighted by Gasteiger charge is -2.47. The second-order valence-corrected chi connectivity index (χ2v) is 7.79. The first-order chi connectivity index (χ1) is 7.73. The summed E-state index contributed by atoms with van der Waals surface area (Å²) in [5, 5.41) is 21.0. The second kappa shape index (κ2) is 3.08. The highest BCUT2D eigenvalue weighted by Crippen LogP contribution is 2.73. The van der Waals surface area contributed by atoms with Gasteiger partial charge in [-0.2, -0.15) is 0 Å². The summed E-state index contributed by atoms with van der Waals surface area (Å²) in [6.45, 7) is 8.83. The standard InChI is InChI=1S/C15H26O2/c1-9-5-6-10-13(2,3)11-7-15(9,10)8-12(16)14(11,4)17/h9-12,16-17H,5-8H2,1-4H3/t9-,10+,11-,12+,14-,15-/m1/s1. The molecule has 0 aromatic rings. The normalized spacial score (nSPS) is 60.4. The minimum Gasteiger partial charge on any atom is -0.390 e. The summed E-state index contributed by atoms with van der Waals surface area (Å²) in [6, 6.07) is 0. The molecule has 0 amide bonds. The lowest BCUT2D eigenvalue weighted by molar-refractivity contribution is -0.153. The molecule has 0 radical (unpaired) electrons. The van der Waals surface area contributed by atoms with Crippen LogP contribution in [-0.2, 0) is 0 Å². The van der Waals surface area contributed by atoms with Gasteiger partial charge in [-0.15, -0.1) is 0 Å². The Hall–Kier alpha value is -0.0800. The van der Waals surface area contributed by atoms with Crippen molar-refractivity contribution in [1.82, 2.24) is 0 Å². The van der Waals surface area contributed by atoms with Crippen LogP contribution in [0.4, 0.5) is 0 Å². The Morgan fingerprint density at radius 3 is 2.29 bits per heavy atom. The summed E-state index contributed by atoms with van der Waals surface area (Å²) in [7, 11) is 0. The summed E-state index contributed by atoms with van der Waals surface area (Å²) in [5.41, 5.74) is -0.402. The van der Waals surface area contributed by atoms with Crippen LogP contribution in [0.3, 0.4) is 0 Å². The van der Waals surface area contributed by atoms with Crippen molar-refractivity contribution in [3.8, 4) is 0 Å². The third kappa shape index (κ3) is 1.19. The molecular weight excluding hydrogens is 212 g/mol. The van der Waals surface area contributed by atoms with Crippen LogP contribution in [0.1, 0.15) is 53.4 Å². The van der Waals surface area contributed by atoms with Crippen molar-refractivity contribution in [3.05, 3.63) is 0 Å². The molecule has 2 heteroatoms. The Labute approximate surface area is 104 Å². The van der Waals surface area contributed by atoms with E-state index in [1.165, 1.54) is 12.8 Å². The summed E-state index contributed by atoms with van der Waals surface area (Å²) in [4.78, 5) is 0. The second-order valence-electron chi connectivity index (χ2n) is 7.79. The number of aliphatic hydroxyl groups is 2. The Morgan fingerprint density at radius 2 is 1.65 bits per heavy atom.